The SMILES string of the molecule is N/C(=C\Br)SCC(=O)Nc1cccc2ccccc12. The van der Waals surface area contributed by atoms with Gasteiger partial charge in [0.05, 0.1) is 10.8 Å². The Balaban J connectivity index is 2.11. The Morgan fingerprint density at radius 1 is 1.26 bits per heavy atom. The number of hydrogen-bond acceptors (Lipinski definition) is 3. The van der Waals surface area contributed by atoms with Gasteiger partial charge in [0.15, 0.2) is 0 Å². The normalized spacial score (nSPS) is 11.5. The molecule has 0 unspecified atom stereocenters. The number of carbonyl (C=O) groups excluding carboxylic acids is 1. The predicted octanol–water partition coefficient (Wildman–Crippen LogP) is 3.66. The summed E-state index contributed by atoms with van der Waals surface area (Å²) in [6.45, 7) is 0. The minimum Gasteiger partial charge on any atom is -0.393 e. The molecular weight excluding hydrogens is 324 g/mol. The molecule has 2 aromatic carbocycles. The van der Waals surface area contributed by atoms with Crippen LogP contribution in [0, 0.1) is 0 Å². The standard InChI is InChI=1S/C14H13BrN2OS/c15-8-13(16)19-9-14(18)17-12-7-3-5-10-4-1-2-6-11(10)12/h1-8H,9,16H2,(H,17,18)/b13-8+. The van der Waals surface area contributed by atoms with E-state index in [9.17, 15) is 4.79 Å². The Morgan fingerprint density at radius 2 is 2.00 bits per heavy atom. The molecule has 0 saturated carbocycles. The number of nitrogens with two attached hydrogens (primary N) is 1. The zero-order chi connectivity index (χ0) is 13.7. The maximum Gasteiger partial charge on any atom is 0.234 e. The molecule has 0 bridgehead atoms. The van der Waals surface area contributed by atoms with Crippen LogP contribution in [0.4, 0.5) is 5.69 Å². The number of fused-ring (bicyclic) bond motifs is 1. The summed E-state index contributed by atoms with van der Waals surface area (Å²) in [5.41, 5.74) is 6.43. The third-order valence-corrected chi connectivity index (χ3v) is 4.20. The fraction of sp³-hybridized carbons (Fsp3) is 0.0714. The summed E-state index contributed by atoms with van der Waals surface area (Å²) in [7, 11) is 0. The number of thioether (sulfide) groups is 1. The predicted molar refractivity (Wildman–Crippen MR) is 86.2 cm³/mol. The lowest BCUT2D eigenvalue weighted by Crippen LogP contribution is -2.15. The number of nitrogens with one attached hydrogen (secondary N) is 1. The van der Waals surface area contributed by atoms with Gasteiger partial charge in [-0.15, -0.1) is 0 Å². The highest BCUT2D eigenvalue weighted by atomic mass is 79.9. The van der Waals surface area contributed by atoms with E-state index in [0.717, 1.165) is 16.5 Å². The molecule has 1 amide bonds. The molecule has 0 saturated heterocycles. The van der Waals surface area contributed by atoms with Crippen molar-refractivity contribution in [2.75, 3.05) is 11.1 Å². The molecule has 98 valence electrons. The van der Waals surface area contributed by atoms with Crippen molar-refractivity contribution in [2.24, 2.45) is 5.73 Å². The van der Waals surface area contributed by atoms with Gasteiger partial charge < -0.3 is 11.1 Å². The van der Waals surface area contributed by atoms with Crippen LogP contribution in [0.2, 0.25) is 0 Å². The second-order valence-corrected chi connectivity index (χ2v) is 5.38. The number of rotatable bonds is 4. The molecule has 0 radical (unpaired) electrons. The van der Waals surface area contributed by atoms with Crippen molar-refractivity contribution >= 4 is 50.1 Å². The summed E-state index contributed by atoms with van der Waals surface area (Å²) in [5.74, 6) is 0.218. The van der Waals surface area contributed by atoms with Gasteiger partial charge in [-0.3, -0.25) is 4.79 Å². The molecule has 0 aromatic heterocycles. The first-order valence-corrected chi connectivity index (χ1v) is 7.57. The average molecular weight is 337 g/mol. The summed E-state index contributed by atoms with van der Waals surface area (Å²) >= 11 is 4.41. The molecule has 5 heteroatoms. The van der Waals surface area contributed by atoms with E-state index >= 15 is 0 Å². The maximum absolute atomic E-state index is 11.8. The first kappa shape index (κ1) is 14.0. The third-order valence-electron chi connectivity index (χ3n) is 2.54. The molecule has 3 N–H and O–H groups in total. The number of hydrogen-bond donors (Lipinski definition) is 2. The van der Waals surface area contributed by atoms with Gasteiger partial charge in [0.1, 0.15) is 0 Å². The lowest BCUT2D eigenvalue weighted by atomic mass is 10.1. The monoisotopic (exact) mass is 336 g/mol. The zero-order valence-corrected chi connectivity index (χ0v) is 12.5. The van der Waals surface area contributed by atoms with Crippen molar-refractivity contribution in [1.29, 1.82) is 0 Å². The van der Waals surface area contributed by atoms with Gasteiger partial charge >= 0.3 is 0 Å². The summed E-state index contributed by atoms with van der Waals surface area (Å²) < 4.78 is 0. The van der Waals surface area contributed by atoms with Crippen LogP contribution in [-0.2, 0) is 4.79 Å². The number of carbonyl (C=O) groups is 1. The fourth-order valence-electron chi connectivity index (χ4n) is 1.70. The van der Waals surface area contributed by atoms with Crippen LogP contribution < -0.4 is 11.1 Å². The molecule has 0 aliphatic heterocycles. The van der Waals surface area contributed by atoms with E-state index in [1.807, 2.05) is 42.5 Å². The highest BCUT2D eigenvalue weighted by molar-refractivity contribution is 9.11. The van der Waals surface area contributed by atoms with Crippen LogP contribution in [-0.4, -0.2) is 11.7 Å². The van der Waals surface area contributed by atoms with E-state index in [1.54, 1.807) is 4.99 Å². The van der Waals surface area contributed by atoms with Crippen molar-refractivity contribution in [3.8, 4) is 0 Å². The topological polar surface area (TPSA) is 55.1 Å². The van der Waals surface area contributed by atoms with E-state index in [-0.39, 0.29) is 11.7 Å². The van der Waals surface area contributed by atoms with Gasteiger partial charge in [0.2, 0.25) is 5.91 Å². The summed E-state index contributed by atoms with van der Waals surface area (Å²) in [6, 6.07) is 13.8. The van der Waals surface area contributed by atoms with Gasteiger partial charge in [-0.2, -0.15) is 0 Å². The average Bonchev–Trinajstić information content (AvgIpc) is 2.45. The number of halogens is 1. The van der Waals surface area contributed by atoms with Crippen LogP contribution in [0.25, 0.3) is 10.8 Å². The van der Waals surface area contributed by atoms with E-state index < -0.39 is 0 Å². The van der Waals surface area contributed by atoms with E-state index in [1.165, 1.54) is 11.8 Å². The number of amides is 1. The molecule has 0 heterocycles. The van der Waals surface area contributed by atoms with Gasteiger partial charge in [-0.1, -0.05) is 64.1 Å². The third kappa shape index (κ3) is 3.75. The smallest absolute Gasteiger partial charge is 0.234 e. The molecule has 0 spiro atoms. The van der Waals surface area contributed by atoms with Gasteiger partial charge in [0, 0.05) is 16.1 Å². The van der Waals surface area contributed by atoms with Gasteiger partial charge in [0.25, 0.3) is 0 Å². The maximum atomic E-state index is 11.8. The lowest BCUT2D eigenvalue weighted by Gasteiger charge is -2.08. The number of anilines is 1. The van der Waals surface area contributed by atoms with Crippen molar-refractivity contribution < 1.29 is 4.79 Å². The van der Waals surface area contributed by atoms with Crippen LogP contribution >= 0.6 is 27.7 Å². The first-order chi connectivity index (χ1) is 9.20. The lowest BCUT2D eigenvalue weighted by molar-refractivity contribution is -0.113. The molecule has 0 fully saturated rings. The molecule has 0 aliphatic carbocycles. The van der Waals surface area contributed by atoms with Crippen LogP contribution in [0.5, 0.6) is 0 Å². The molecular formula is C14H13BrN2OS. The van der Waals surface area contributed by atoms with Gasteiger partial charge in [-0.25, -0.2) is 0 Å². The Hall–Kier alpha value is -1.46. The molecule has 3 nitrogen and oxygen atoms in total. The van der Waals surface area contributed by atoms with Crippen molar-refractivity contribution in [1.82, 2.24) is 0 Å². The largest absolute Gasteiger partial charge is 0.393 e. The quantitative estimate of drug-likeness (QED) is 0.895. The highest BCUT2D eigenvalue weighted by Gasteiger charge is 2.06. The van der Waals surface area contributed by atoms with Crippen molar-refractivity contribution in [3.63, 3.8) is 0 Å². The van der Waals surface area contributed by atoms with Crippen LogP contribution in [0.15, 0.2) is 52.5 Å². The molecule has 2 rings (SSSR count). The van der Waals surface area contributed by atoms with Crippen LogP contribution in [0.1, 0.15) is 0 Å². The van der Waals surface area contributed by atoms with E-state index in [0.29, 0.717) is 5.03 Å². The molecule has 0 aliphatic rings. The minimum atomic E-state index is -0.0707. The summed E-state index contributed by atoms with van der Waals surface area (Å²) in [5, 5.41) is 5.62. The highest BCUT2D eigenvalue weighted by Crippen LogP contribution is 2.23. The second-order valence-electron chi connectivity index (χ2n) is 3.88. The van der Waals surface area contributed by atoms with E-state index in [2.05, 4.69) is 21.2 Å². The fourth-order valence-corrected chi connectivity index (χ4v) is 2.53. The van der Waals surface area contributed by atoms with E-state index in [4.69, 9.17) is 5.73 Å². The summed E-state index contributed by atoms with van der Waals surface area (Å²) in [4.78, 5) is 13.4. The molecule has 19 heavy (non-hydrogen) atoms. The Morgan fingerprint density at radius 3 is 2.79 bits per heavy atom. The first-order valence-electron chi connectivity index (χ1n) is 5.67. The second kappa shape index (κ2) is 6.63. The Bertz CT molecular complexity index is 622. The van der Waals surface area contributed by atoms with Crippen molar-refractivity contribution in [3.05, 3.63) is 52.5 Å². The van der Waals surface area contributed by atoms with Crippen molar-refractivity contribution in [2.45, 2.75) is 0 Å². The van der Waals surface area contributed by atoms with Gasteiger partial charge in [-0.05, 0) is 11.5 Å². The Kier molecular flexibility index (Phi) is 4.87. The molecule has 2 aromatic rings. The zero-order valence-electron chi connectivity index (χ0n) is 10.1. The Labute approximate surface area is 124 Å². The minimum absolute atomic E-state index is 0.0707. The van der Waals surface area contributed by atoms with Crippen LogP contribution in [0.3, 0.4) is 0 Å². The molecule has 0 atom stereocenters. The summed E-state index contributed by atoms with van der Waals surface area (Å²) in [6.07, 6.45) is 0. The number of benzene rings is 2.